The van der Waals surface area contributed by atoms with Crippen molar-refractivity contribution in [2.24, 2.45) is 0 Å². The van der Waals surface area contributed by atoms with Gasteiger partial charge < -0.3 is 14.4 Å². The molecule has 11 heteroatoms. The van der Waals surface area contributed by atoms with Gasteiger partial charge in [0.25, 0.3) is 5.91 Å². The number of fused-ring (bicyclic) bond motifs is 1. The highest BCUT2D eigenvalue weighted by atomic mass is 32.2. The molecule has 0 aromatic heterocycles. The average molecular weight is 495 g/mol. The molecule has 1 fully saturated rings. The van der Waals surface area contributed by atoms with Gasteiger partial charge in [-0.1, -0.05) is 0 Å². The van der Waals surface area contributed by atoms with Crippen molar-refractivity contribution in [1.82, 2.24) is 9.62 Å². The summed E-state index contributed by atoms with van der Waals surface area (Å²) in [5.74, 6) is 0.828. The quantitative estimate of drug-likeness (QED) is 0.644. The van der Waals surface area contributed by atoms with Crippen LogP contribution in [-0.4, -0.2) is 66.0 Å². The first-order valence-corrected chi connectivity index (χ1v) is 13.8. The Kier molecular flexibility index (Phi) is 6.39. The summed E-state index contributed by atoms with van der Waals surface area (Å²) in [5, 5.41) is 0. The van der Waals surface area contributed by atoms with Gasteiger partial charge in [0.15, 0.2) is 21.3 Å². The lowest BCUT2D eigenvalue weighted by atomic mass is 9.98. The lowest BCUT2D eigenvalue weighted by Crippen LogP contribution is -2.36. The Bertz CT molecular complexity index is 1270. The summed E-state index contributed by atoms with van der Waals surface area (Å²) >= 11 is 0. The van der Waals surface area contributed by atoms with Crippen molar-refractivity contribution >= 4 is 25.8 Å². The molecular weight excluding hydrogens is 468 g/mol. The average Bonchev–Trinajstić information content (AvgIpc) is 3.14. The fraction of sp³-hybridized carbons (Fsp3) is 0.409. The van der Waals surface area contributed by atoms with E-state index in [1.165, 1.54) is 24.3 Å². The molecule has 1 saturated heterocycles. The van der Waals surface area contributed by atoms with Crippen LogP contribution in [-0.2, 0) is 32.8 Å². The zero-order valence-corrected chi connectivity index (χ0v) is 20.0. The number of carbonyl (C=O) groups is 1. The number of methoxy groups -OCH3 is 2. The monoisotopic (exact) mass is 494 g/mol. The Labute approximate surface area is 193 Å². The number of sulfonamides is 1. The second-order valence-electron chi connectivity index (χ2n) is 8.20. The minimum Gasteiger partial charge on any atom is -0.493 e. The third-order valence-electron chi connectivity index (χ3n) is 5.97. The highest BCUT2D eigenvalue weighted by Crippen LogP contribution is 2.33. The molecule has 1 atom stereocenters. The van der Waals surface area contributed by atoms with Gasteiger partial charge in [-0.3, -0.25) is 4.79 Å². The van der Waals surface area contributed by atoms with E-state index in [4.69, 9.17) is 9.47 Å². The Hall–Kier alpha value is -2.63. The molecule has 2 heterocycles. The number of sulfone groups is 1. The van der Waals surface area contributed by atoms with Crippen molar-refractivity contribution in [2.75, 3.05) is 32.3 Å². The van der Waals surface area contributed by atoms with Crippen LogP contribution in [0.3, 0.4) is 0 Å². The number of hydrogen-bond acceptors (Lipinski definition) is 7. The third-order valence-corrected chi connectivity index (χ3v) is 9.28. The molecule has 0 saturated carbocycles. The van der Waals surface area contributed by atoms with Crippen molar-refractivity contribution in [3.63, 3.8) is 0 Å². The lowest BCUT2D eigenvalue weighted by molar-refractivity contribution is 0.0734. The van der Waals surface area contributed by atoms with Crippen molar-refractivity contribution in [3.8, 4) is 11.5 Å². The van der Waals surface area contributed by atoms with Crippen LogP contribution in [0.1, 0.15) is 27.9 Å². The van der Waals surface area contributed by atoms with E-state index in [1.807, 2.05) is 12.1 Å². The van der Waals surface area contributed by atoms with Crippen LogP contribution in [0.2, 0.25) is 0 Å². The highest BCUT2D eigenvalue weighted by molar-refractivity contribution is 7.92. The summed E-state index contributed by atoms with van der Waals surface area (Å²) in [4.78, 5) is 14.7. The number of ether oxygens (including phenoxy) is 2. The van der Waals surface area contributed by atoms with Gasteiger partial charge in [0.05, 0.1) is 30.6 Å². The second kappa shape index (κ2) is 8.96. The Morgan fingerprint density at radius 2 is 1.70 bits per heavy atom. The molecule has 0 spiro atoms. The fourth-order valence-corrected chi connectivity index (χ4v) is 7.24. The maximum Gasteiger partial charge on any atom is 0.254 e. The summed E-state index contributed by atoms with van der Waals surface area (Å²) in [7, 11) is -3.94. The maximum atomic E-state index is 13.0. The fourth-order valence-electron chi connectivity index (χ4n) is 4.19. The third kappa shape index (κ3) is 4.99. The number of nitrogens with zero attached hydrogens (tertiary/aromatic N) is 1. The lowest BCUT2D eigenvalue weighted by Gasteiger charge is -2.29. The summed E-state index contributed by atoms with van der Waals surface area (Å²) in [6, 6.07) is 8.86. The molecule has 2 aliphatic rings. The number of hydrogen-bond donors (Lipinski definition) is 1. The topological polar surface area (TPSA) is 119 Å². The minimum atomic E-state index is -3.88. The molecule has 2 aromatic rings. The number of rotatable bonds is 6. The van der Waals surface area contributed by atoms with Crippen molar-refractivity contribution in [3.05, 3.63) is 53.1 Å². The van der Waals surface area contributed by atoms with Crippen LogP contribution in [0.4, 0.5) is 0 Å². The molecule has 0 aliphatic carbocycles. The van der Waals surface area contributed by atoms with E-state index in [0.29, 0.717) is 36.6 Å². The van der Waals surface area contributed by atoms with E-state index >= 15 is 0 Å². The Morgan fingerprint density at radius 3 is 2.27 bits per heavy atom. The van der Waals surface area contributed by atoms with Gasteiger partial charge in [0.1, 0.15) is 0 Å². The smallest absolute Gasteiger partial charge is 0.254 e. The van der Waals surface area contributed by atoms with Crippen molar-refractivity contribution < 1.29 is 31.1 Å². The van der Waals surface area contributed by atoms with E-state index in [-0.39, 0.29) is 28.7 Å². The molecular formula is C22H26N2O7S2. The predicted octanol–water partition coefficient (Wildman–Crippen LogP) is 1.37. The zero-order chi connectivity index (χ0) is 23.8. The van der Waals surface area contributed by atoms with Crippen LogP contribution in [0.5, 0.6) is 11.5 Å². The van der Waals surface area contributed by atoms with Gasteiger partial charge in [-0.05, 0) is 60.4 Å². The summed E-state index contributed by atoms with van der Waals surface area (Å²) in [6.45, 7) is 0.936. The summed E-state index contributed by atoms with van der Waals surface area (Å²) in [6.07, 6.45) is 0.924. The second-order valence-corrected chi connectivity index (χ2v) is 12.1. The molecule has 178 valence electrons. The Morgan fingerprint density at radius 1 is 1.06 bits per heavy atom. The molecule has 2 aromatic carbocycles. The van der Waals surface area contributed by atoms with Crippen LogP contribution < -0.4 is 14.2 Å². The first kappa shape index (κ1) is 23.5. The predicted molar refractivity (Wildman–Crippen MR) is 122 cm³/mol. The molecule has 0 unspecified atom stereocenters. The summed E-state index contributed by atoms with van der Waals surface area (Å²) in [5.41, 5.74) is 2.45. The van der Waals surface area contributed by atoms with E-state index in [1.54, 1.807) is 19.1 Å². The van der Waals surface area contributed by atoms with Gasteiger partial charge >= 0.3 is 0 Å². The number of amides is 1. The van der Waals surface area contributed by atoms with Crippen LogP contribution in [0.25, 0.3) is 0 Å². The molecule has 9 nitrogen and oxygen atoms in total. The molecule has 4 rings (SSSR count). The SMILES string of the molecule is COc1cc2c(cc1OC)CN(C(=O)c1ccc(S(=O)(=O)N[C@H]3CCS(=O)(=O)C3)cc1)CC2. The van der Waals surface area contributed by atoms with Crippen LogP contribution >= 0.6 is 0 Å². The van der Waals surface area contributed by atoms with Crippen molar-refractivity contribution in [1.29, 1.82) is 0 Å². The highest BCUT2D eigenvalue weighted by Gasteiger charge is 2.31. The number of nitrogens with one attached hydrogen (secondary N) is 1. The van der Waals surface area contributed by atoms with Gasteiger partial charge in [0.2, 0.25) is 10.0 Å². The molecule has 0 bridgehead atoms. The standard InChI is InChI=1S/C22H26N2O7S2/c1-30-20-11-16-7-9-24(13-17(16)12-21(20)31-2)22(25)15-3-5-19(6-4-15)33(28,29)23-18-8-10-32(26,27)14-18/h3-6,11-12,18,23H,7-10,13-14H2,1-2H3/t18-/m0/s1. The van der Waals surface area contributed by atoms with Crippen molar-refractivity contribution in [2.45, 2.75) is 30.3 Å². The van der Waals surface area contributed by atoms with Crippen LogP contribution in [0, 0.1) is 0 Å². The minimum absolute atomic E-state index is 0.0100. The van der Waals surface area contributed by atoms with E-state index in [2.05, 4.69) is 4.72 Å². The molecule has 1 amide bonds. The number of carbonyl (C=O) groups excluding carboxylic acids is 1. The molecule has 2 aliphatic heterocycles. The Balaban J connectivity index is 1.47. The normalized spacial score (nSPS) is 19.7. The number of benzene rings is 2. The van der Waals surface area contributed by atoms with Gasteiger partial charge in [-0.25, -0.2) is 21.6 Å². The van der Waals surface area contributed by atoms with Gasteiger partial charge in [-0.2, -0.15) is 0 Å². The first-order valence-electron chi connectivity index (χ1n) is 10.5. The largest absolute Gasteiger partial charge is 0.493 e. The summed E-state index contributed by atoms with van der Waals surface area (Å²) < 4.78 is 61.5. The van der Waals surface area contributed by atoms with Gasteiger partial charge in [0, 0.05) is 24.7 Å². The maximum absolute atomic E-state index is 13.0. The van der Waals surface area contributed by atoms with Crippen LogP contribution in [0.15, 0.2) is 41.3 Å². The first-order chi connectivity index (χ1) is 15.6. The zero-order valence-electron chi connectivity index (χ0n) is 18.4. The van der Waals surface area contributed by atoms with E-state index < -0.39 is 25.9 Å². The van der Waals surface area contributed by atoms with Gasteiger partial charge in [-0.15, -0.1) is 0 Å². The molecule has 0 radical (unpaired) electrons. The molecule has 33 heavy (non-hydrogen) atoms. The molecule has 1 N–H and O–H groups in total. The van der Waals surface area contributed by atoms with E-state index in [9.17, 15) is 21.6 Å². The van der Waals surface area contributed by atoms with E-state index in [0.717, 1.165) is 11.1 Å².